The molecule has 0 bridgehead atoms. The van der Waals surface area contributed by atoms with Crippen LogP contribution in [0.25, 0.3) is 0 Å². The van der Waals surface area contributed by atoms with Crippen molar-refractivity contribution in [3.63, 3.8) is 0 Å². The van der Waals surface area contributed by atoms with Crippen LogP contribution in [0.4, 0.5) is 0 Å². The number of nitrogens with zero attached hydrogens (tertiary/aromatic N) is 1. The van der Waals surface area contributed by atoms with Crippen molar-refractivity contribution in [1.29, 1.82) is 0 Å². The van der Waals surface area contributed by atoms with Crippen molar-refractivity contribution >= 4 is 5.91 Å². The lowest BCUT2D eigenvalue weighted by atomic mass is 10.2. The van der Waals surface area contributed by atoms with Crippen molar-refractivity contribution in [2.75, 3.05) is 20.8 Å². The predicted molar refractivity (Wildman–Crippen MR) is 63.9 cm³/mol. The van der Waals surface area contributed by atoms with Crippen molar-refractivity contribution in [2.45, 2.75) is 12.6 Å². The molecule has 1 aromatic rings. The molecule has 0 radical (unpaired) electrons. The minimum absolute atomic E-state index is 0.168. The molecular formula is C12H18N2O3. The molecule has 0 aromatic heterocycles. The first kappa shape index (κ1) is 13.6. The van der Waals surface area contributed by atoms with Crippen LogP contribution in [-0.4, -0.2) is 37.8 Å². The highest BCUT2D eigenvalue weighted by atomic mass is 16.7. The summed E-state index contributed by atoms with van der Waals surface area (Å²) >= 11 is 0. The lowest BCUT2D eigenvalue weighted by Crippen LogP contribution is -2.44. The van der Waals surface area contributed by atoms with E-state index in [0.717, 1.165) is 10.6 Å². The van der Waals surface area contributed by atoms with E-state index in [0.29, 0.717) is 6.61 Å². The first-order valence-corrected chi connectivity index (χ1v) is 5.34. The minimum atomic E-state index is -0.705. The molecule has 0 aliphatic rings. The summed E-state index contributed by atoms with van der Waals surface area (Å²) in [5.41, 5.74) is 6.71. The van der Waals surface area contributed by atoms with Crippen molar-refractivity contribution < 1.29 is 14.4 Å². The third-order valence-corrected chi connectivity index (χ3v) is 2.31. The number of carbonyl (C=O) groups excluding carboxylic acids is 1. The molecule has 0 saturated heterocycles. The fourth-order valence-corrected chi connectivity index (χ4v) is 1.27. The number of hydrogen-bond acceptors (Lipinski definition) is 4. The van der Waals surface area contributed by atoms with Gasteiger partial charge < -0.3 is 10.5 Å². The maximum absolute atomic E-state index is 11.5. The van der Waals surface area contributed by atoms with Crippen molar-refractivity contribution in [3.05, 3.63) is 35.9 Å². The Morgan fingerprint density at radius 3 is 2.65 bits per heavy atom. The van der Waals surface area contributed by atoms with Gasteiger partial charge in [-0.15, -0.1) is 0 Å². The van der Waals surface area contributed by atoms with Crippen molar-refractivity contribution in [2.24, 2.45) is 5.73 Å². The van der Waals surface area contributed by atoms with Gasteiger partial charge in [-0.25, -0.2) is 5.06 Å². The molecular weight excluding hydrogens is 220 g/mol. The average Bonchev–Trinajstić information content (AvgIpc) is 2.38. The third kappa shape index (κ3) is 4.52. The number of ether oxygens (including phenoxy) is 1. The first-order valence-electron chi connectivity index (χ1n) is 5.34. The van der Waals surface area contributed by atoms with Crippen LogP contribution < -0.4 is 5.73 Å². The van der Waals surface area contributed by atoms with E-state index < -0.39 is 6.04 Å². The highest BCUT2D eigenvalue weighted by Gasteiger charge is 2.17. The van der Waals surface area contributed by atoms with Gasteiger partial charge in [-0.1, -0.05) is 30.3 Å². The predicted octanol–water partition coefficient (Wildman–Crippen LogP) is 0.550. The number of hydrogen-bond donors (Lipinski definition) is 1. The molecule has 5 nitrogen and oxygen atoms in total. The van der Waals surface area contributed by atoms with Crippen molar-refractivity contribution in [3.8, 4) is 0 Å². The maximum Gasteiger partial charge on any atom is 0.265 e. The van der Waals surface area contributed by atoms with Gasteiger partial charge in [-0.2, -0.15) is 0 Å². The van der Waals surface area contributed by atoms with Crippen LogP contribution in [0.5, 0.6) is 0 Å². The normalized spacial score (nSPS) is 12.2. The summed E-state index contributed by atoms with van der Waals surface area (Å²) in [6, 6.07) is 9.00. The molecule has 17 heavy (non-hydrogen) atoms. The summed E-state index contributed by atoms with van der Waals surface area (Å²) in [6.07, 6.45) is 0. The van der Waals surface area contributed by atoms with Gasteiger partial charge in [-0.3, -0.25) is 9.63 Å². The van der Waals surface area contributed by atoms with Gasteiger partial charge in [0.05, 0.1) is 20.3 Å². The molecule has 1 rings (SSSR count). The van der Waals surface area contributed by atoms with E-state index in [-0.39, 0.29) is 12.5 Å². The molecule has 0 aliphatic carbocycles. The Bertz CT molecular complexity index is 343. The molecule has 0 unspecified atom stereocenters. The Labute approximate surface area is 101 Å². The van der Waals surface area contributed by atoms with Crippen LogP contribution in [0.2, 0.25) is 0 Å². The number of benzene rings is 1. The van der Waals surface area contributed by atoms with Gasteiger partial charge in [0.25, 0.3) is 5.91 Å². The van der Waals surface area contributed by atoms with Crippen LogP contribution in [-0.2, 0) is 21.0 Å². The van der Waals surface area contributed by atoms with Gasteiger partial charge in [0.15, 0.2) is 0 Å². The molecule has 1 aromatic carbocycles. The number of hydroxylamine groups is 2. The zero-order chi connectivity index (χ0) is 12.7. The number of nitrogens with two attached hydrogens (primary N) is 1. The molecule has 1 amide bonds. The SMILES string of the molecule is CON(C)C(=O)[C@H](N)COCc1ccccc1. The first-order chi connectivity index (χ1) is 8.15. The second-order valence-corrected chi connectivity index (χ2v) is 3.63. The summed E-state index contributed by atoms with van der Waals surface area (Å²) in [4.78, 5) is 16.3. The quantitative estimate of drug-likeness (QED) is 0.735. The van der Waals surface area contributed by atoms with Crippen LogP contribution in [0.3, 0.4) is 0 Å². The van der Waals surface area contributed by atoms with E-state index in [4.69, 9.17) is 15.3 Å². The van der Waals surface area contributed by atoms with Crippen LogP contribution in [0, 0.1) is 0 Å². The van der Waals surface area contributed by atoms with Crippen LogP contribution in [0.1, 0.15) is 5.56 Å². The Balaban J connectivity index is 2.29. The molecule has 1 atom stereocenters. The van der Waals surface area contributed by atoms with E-state index in [2.05, 4.69) is 0 Å². The Morgan fingerprint density at radius 2 is 2.06 bits per heavy atom. The van der Waals surface area contributed by atoms with Gasteiger partial charge >= 0.3 is 0 Å². The van der Waals surface area contributed by atoms with Gasteiger partial charge in [-0.05, 0) is 5.56 Å². The fraction of sp³-hybridized carbons (Fsp3) is 0.417. The fourth-order valence-electron chi connectivity index (χ4n) is 1.27. The summed E-state index contributed by atoms with van der Waals surface area (Å²) in [5.74, 6) is -0.305. The summed E-state index contributed by atoms with van der Waals surface area (Å²) in [6.45, 7) is 0.611. The topological polar surface area (TPSA) is 64.8 Å². The van der Waals surface area contributed by atoms with Gasteiger partial charge in [0, 0.05) is 7.05 Å². The lowest BCUT2D eigenvalue weighted by Gasteiger charge is -2.18. The summed E-state index contributed by atoms with van der Waals surface area (Å²) in [5, 5.41) is 1.09. The third-order valence-electron chi connectivity index (χ3n) is 2.31. The highest BCUT2D eigenvalue weighted by molar-refractivity contribution is 5.80. The van der Waals surface area contributed by atoms with E-state index in [9.17, 15) is 4.79 Å². The monoisotopic (exact) mass is 238 g/mol. The molecule has 0 saturated carbocycles. The Morgan fingerprint density at radius 1 is 1.41 bits per heavy atom. The molecule has 0 fully saturated rings. The van der Waals surface area contributed by atoms with Gasteiger partial charge in [0.2, 0.25) is 0 Å². The van der Waals surface area contributed by atoms with E-state index >= 15 is 0 Å². The highest BCUT2D eigenvalue weighted by Crippen LogP contribution is 2.01. The number of likely N-dealkylation sites (N-methyl/N-ethyl adjacent to an activating group) is 1. The number of amides is 1. The van der Waals surface area contributed by atoms with Gasteiger partial charge in [0.1, 0.15) is 6.04 Å². The summed E-state index contributed by atoms with van der Waals surface area (Å²) in [7, 11) is 2.93. The standard InChI is InChI=1S/C12H18N2O3/c1-14(16-2)12(15)11(13)9-17-8-10-6-4-3-5-7-10/h3-7,11H,8-9,13H2,1-2H3/t11-/m1/s1. The lowest BCUT2D eigenvalue weighted by molar-refractivity contribution is -0.171. The average molecular weight is 238 g/mol. The van der Waals surface area contributed by atoms with Crippen LogP contribution >= 0.6 is 0 Å². The smallest absolute Gasteiger partial charge is 0.265 e. The largest absolute Gasteiger partial charge is 0.375 e. The molecule has 0 spiro atoms. The van der Waals surface area contributed by atoms with E-state index in [1.807, 2.05) is 30.3 Å². The zero-order valence-corrected chi connectivity index (χ0v) is 10.1. The molecule has 2 N–H and O–H groups in total. The Hall–Kier alpha value is -1.43. The maximum atomic E-state index is 11.5. The number of rotatable bonds is 6. The molecule has 0 heterocycles. The van der Waals surface area contributed by atoms with Crippen molar-refractivity contribution in [1.82, 2.24) is 5.06 Å². The van der Waals surface area contributed by atoms with E-state index in [1.165, 1.54) is 14.2 Å². The summed E-state index contributed by atoms with van der Waals surface area (Å²) < 4.78 is 5.37. The number of carbonyl (C=O) groups is 1. The zero-order valence-electron chi connectivity index (χ0n) is 10.1. The second-order valence-electron chi connectivity index (χ2n) is 3.63. The molecule has 5 heteroatoms. The van der Waals surface area contributed by atoms with Crippen LogP contribution in [0.15, 0.2) is 30.3 Å². The van der Waals surface area contributed by atoms with E-state index in [1.54, 1.807) is 0 Å². The molecule has 94 valence electrons. The molecule has 0 aliphatic heterocycles. The second kappa shape index (κ2) is 7.01. The Kier molecular flexibility index (Phi) is 5.62. The minimum Gasteiger partial charge on any atom is -0.375 e.